The molecule has 4 N–H and O–H groups in total. The SMILES string of the molecule is Cc1ccc(-c2cn(CCCNC(=O)C3(N)CCNCC3)c3ccc(CN4CCC5(CCN(Cc6c(Cl)cccc6Cl)CC5)C4)cc23)cc1. The number of hydrogen-bond acceptors (Lipinski definition) is 5. The van der Waals surface area contributed by atoms with Crippen LogP contribution < -0.4 is 16.4 Å². The monoisotopic (exact) mass is 700 g/mol. The Bertz CT molecular complexity index is 1750. The van der Waals surface area contributed by atoms with Gasteiger partial charge in [0.15, 0.2) is 0 Å². The molecule has 3 aromatic carbocycles. The van der Waals surface area contributed by atoms with Gasteiger partial charge in [-0.2, -0.15) is 0 Å². The number of aromatic nitrogens is 1. The van der Waals surface area contributed by atoms with Gasteiger partial charge in [0, 0.05) is 71.0 Å². The van der Waals surface area contributed by atoms with Crippen LogP contribution in [0.3, 0.4) is 0 Å². The summed E-state index contributed by atoms with van der Waals surface area (Å²) in [5, 5.41) is 9.24. The number of nitrogens with two attached hydrogens (primary N) is 1. The molecular formula is C40H50Cl2N6O. The van der Waals surface area contributed by atoms with Crippen LogP contribution in [0.4, 0.5) is 0 Å². The fourth-order valence-corrected chi connectivity index (χ4v) is 8.76. The van der Waals surface area contributed by atoms with E-state index in [1.807, 2.05) is 18.2 Å². The van der Waals surface area contributed by atoms with Gasteiger partial charge < -0.3 is 20.9 Å². The van der Waals surface area contributed by atoms with Crippen molar-refractivity contribution in [1.29, 1.82) is 0 Å². The molecule has 3 saturated heterocycles. The third-order valence-corrected chi connectivity index (χ3v) is 12.1. The van der Waals surface area contributed by atoms with Gasteiger partial charge in [-0.25, -0.2) is 0 Å². The fraction of sp³-hybridized carbons (Fsp3) is 0.475. The zero-order valence-corrected chi connectivity index (χ0v) is 30.3. The molecule has 0 atom stereocenters. The summed E-state index contributed by atoms with van der Waals surface area (Å²) in [6.07, 6.45) is 8.20. The van der Waals surface area contributed by atoms with E-state index in [4.69, 9.17) is 28.9 Å². The van der Waals surface area contributed by atoms with Crippen molar-refractivity contribution in [2.24, 2.45) is 11.1 Å². The predicted molar refractivity (Wildman–Crippen MR) is 202 cm³/mol. The normalized spacial score (nSPS) is 19.5. The predicted octanol–water partition coefficient (Wildman–Crippen LogP) is 7.00. The van der Waals surface area contributed by atoms with Crippen LogP contribution in [0.15, 0.2) is 66.9 Å². The van der Waals surface area contributed by atoms with E-state index in [-0.39, 0.29) is 5.91 Å². The molecule has 3 fully saturated rings. The van der Waals surface area contributed by atoms with E-state index in [2.05, 4.69) is 80.6 Å². The molecule has 49 heavy (non-hydrogen) atoms. The summed E-state index contributed by atoms with van der Waals surface area (Å²) < 4.78 is 2.36. The smallest absolute Gasteiger partial charge is 0.240 e. The van der Waals surface area contributed by atoms with Crippen LogP contribution >= 0.6 is 23.2 Å². The number of benzene rings is 3. The number of aryl methyl sites for hydroxylation is 2. The van der Waals surface area contributed by atoms with Crippen LogP contribution in [0, 0.1) is 12.3 Å². The van der Waals surface area contributed by atoms with Crippen molar-refractivity contribution in [2.75, 3.05) is 45.8 Å². The summed E-state index contributed by atoms with van der Waals surface area (Å²) in [6, 6.07) is 21.7. The lowest BCUT2D eigenvalue weighted by Crippen LogP contribution is -2.59. The highest BCUT2D eigenvalue weighted by Crippen LogP contribution is 2.42. The number of fused-ring (bicyclic) bond motifs is 1. The van der Waals surface area contributed by atoms with Crippen LogP contribution in [0.25, 0.3) is 22.0 Å². The number of halogens is 2. The van der Waals surface area contributed by atoms with Crippen molar-refractivity contribution in [3.8, 4) is 11.1 Å². The van der Waals surface area contributed by atoms with Crippen molar-refractivity contribution in [3.05, 3.63) is 93.6 Å². The van der Waals surface area contributed by atoms with Crippen molar-refractivity contribution < 1.29 is 4.79 Å². The molecule has 7 rings (SSSR count). The first kappa shape index (κ1) is 34.5. The van der Waals surface area contributed by atoms with E-state index < -0.39 is 5.54 Å². The number of amides is 1. The number of nitrogens with zero attached hydrogens (tertiary/aromatic N) is 3. The Morgan fingerprint density at radius 2 is 1.59 bits per heavy atom. The van der Waals surface area contributed by atoms with Gasteiger partial charge in [-0.15, -0.1) is 0 Å². The zero-order valence-electron chi connectivity index (χ0n) is 28.7. The fourth-order valence-electron chi connectivity index (χ4n) is 8.24. The lowest BCUT2D eigenvalue weighted by Gasteiger charge is -2.39. The minimum Gasteiger partial charge on any atom is -0.354 e. The molecule has 7 nitrogen and oxygen atoms in total. The summed E-state index contributed by atoms with van der Waals surface area (Å²) in [6.45, 7) is 11.4. The number of nitrogens with one attached hydrogen (secondary N) is 2. The molecule has 260 valence electrons. The summed E-state index contributed by atoms with van der Waals surface area (Å²) in [5.74, 6) is -0.0207. The summed E-state index contributed by atoms with van der Waals surface area (Å²) in [4.78, 5) is 18.0. The van der Waals surface area contributed by atoms with E-state index in [1.165, 1.54) is 52.4 Å². The number of carbonyl (C=O) groups is 1. The summed E-state index contributed by atoms with van der Waals surface area (Å²) in [5.41, 5.74) is 13.5. The topological polar surface area (TPSA) is 78.6 Å². The molecule has 1 spiro atoms. The van der Waals surface area contributed by atoms with E-state index >= 15 is 0 Å². The van der Waals surface area contributed by atoms with Gasteiger partial charge in [0.25, 0.3) is 0 Å². The second-order valence-electron chi connectivity index (χ2n) is 14.9. The number of piperidine rings is 2. The molecular weight excluding hydrogens is 651 g/mol. The van der Waals surface area contributed by atoms with Crippen molar-refractivity contribution in [3.63, 3.8) is 0 Å². The number of rotatable bonds is 10. The molecule has 0 aliphatic carbocycles. The molecule has 4 heterocycles. The number of carbonyl (C=O) groups excluding carboxylic acids is 1. The van der Waals surface area contributed by atoms with Gasteiger partial charge in [0.1, 0.15) is 0 Å². The first-order valence-electron chi connectivity index (χ1n) is 18.0. The van der Waals surface area contributed by atoms with Gasteiger partial charge in [-0.1, -0.05) is 65.2 Å². The molecule has 3 aliphatic heterocycles. The Labute approximate surface area is 301 Å². The number of likely N-dealkylation sites (tertiary alicyclic amines) is 2. The highest BCUT2D eigenvalue weighted by Gasteiger charge is 2.40. The molecule has 0 bridgehead atoms. The van der Waals surface area contributed by atoms with E-state index in [0.29, 0.717) is 24.8 Å². The van der Waals surface area contributed by atoms with Crippen molar-refractivity contribution in [1.82, 2.24) is 25.0 Å². The minimum atomic E-state index is -0.751. The Morgan fingerprint density at radius 3 is 2.31 bits per heavy atom. The molecule has 1 aromatic heterocycles. The Hall–Kier alpha value is -2.91. The Kier molecular flexibility index (Phi) is 10.4. The minimum absolute atomic E-state index is 0.0207. The second-order valence-corrected chi connectivity index (χ2v) is 15.7. The maximum Gasteiger partial charge on any atom is 0.240 e. The highest BCUT2D eigenvalue weighted by molar-refractivity contribution is 6.36. The largest absolute Gasteiger partial charge is 0.354 e. The standard InChI is InChI=1S/C40H50Cl2N6O/c1-29-6-9-31(10-7-29)33-27-48(20-3-17-45-38(49)40(43)12-18-44-19-13-40)37-11-8-30(24-32(33)37)25-47-23-16-39(28-47)14-21-46(22-15-39)26-34-35(41)4-2-5-36(34)42/h2,4-11,24,27,44H,3,12-23,25-26,28,43H2,1H3,(H,45,49). The van der Waals surface area contributed by atoms with Crippen LogP contribution in [0.1, 0.15) is 55.2 Å². The van der Waals surface area contributed by atoms with Crippen LogP contribution in [-0.2, 0) is 24.4 Å². The molecule has 9 heteroatoms. The van der Waals surface area contributed by atoms with E-state index in [0.717, 1.165) is 80.9 Å². The van der Waals surface area contributed by atoms with Crippen LogP contribution in [-0.4, -0.2) is 71.6 Å². The average Bonchev–Trinajstić information content (AvgIpc) is 3.67. The summed E-state index contributed by atoms with van der Waals surface area (Å²) in [7, 11) is 0. The van der Waals surface area contributed by atoms with Crippen molar-refractivity contribution in [2.45, 2.75) is 70.6 Å². The van der Waals surface area contributed by atoms with Crippen molar-refractivity contribution >= 4 is 40.0 Å². The highest BCUT2D eigenvalue weighted by atomic mass is 35.5. The maximum absolute atomic E-state index is 12.9. The first-order chi connectivity index (χ1) is 23.7. The van der Waals surface area contributed by atoms with E-state index in [1.54, 1.807) is 0 Å². The third kappa shape index (κ3) is 7.73. The lowest BCUT2D eigenvalue weighted by atomic mass is 9.77. The van der Waals surface area contributed by atoms with Gasteiger partial charge in [-0.05, 0) is 119 Å². The third-order valence-electron chi connectivity index (χ3n) is 11.4. The molecule has 1 amide bonds. The summed E-state index contributed by atoms with van der Waals surface area (Å²) >= 11 is 13.0. The average molecular weight is 702 g/mol. The lowest BCUT2D eigenvalue weighted by molar-refractivity contribution is -0.127. The van der Waals surface area contributed by atoms with Crippen LogP contribution in [0.5, 0.6) is 0 Å². The van der Waals surface area contributed by atoms with Crippen LogP contribution in [0.2, 0.25) is 10.0 Å². The maximum atomic E-state index is 12.9. The van der Waals surface area contributed by atoms with Gasteiger partial charge in [0.2, 0.25) is 5.91 Å². The molecule has 4 aromatic rings. The first-order valence-corrected chi connectivity index (χ1v) is 18.8. The zero-order chi connectivity index (χ0) is 34.0. The quantitative estimate of drug-likeness (QED) is 0.155. The molecule has 3 aliphatic rings. The van der Waals surface area contributed by atoms with Gasteiger partial charge in [-0.3, -0.25) is 14.6 Å². The molecule has 0 radical (unpaired) electrons. The van der Waals surface area contributed by atoms with Gasteiger partial charge >= 0.3 is 0 Å². The Balaban J connectivity index is 1.00. The second kappa shape index (κ2) is 14.7. The molecule has 0 saturated carbocycles. The number of hydrogen-bond donors (Lipinski definition) is 3. The van der Waals surface area contributed by atoms with E-state index in [9.17, 15) is 4.79 Å². The Morgan fingerprint density at radius 1 is 0.898 bits per heavy atom. The van der Waals surface area contributed by atoms with Gasteiger partial charge in [0.05, 0.1) is 5.54 Å². The molecule has 0 unspecified atom stereocenters.